The van der Waals surface area contributed by atoms with E-state index in [2.05, 4.69) is 10.3 Å². The van der Waals surface area contributed by atoms with Crippen molar-refractivity contribution in [2.75, 3.05) is 7.11 Å². The number of phenolic OH excluding ortho intramolecular Hbond substituents is 1. The first-order valence-corrected chi connectivity index (χ1v) is 9.06. The molecule has 3 rings (SSSR count). The Hall–Kier alpha value is -2.83. The molecule has 1 aromatic heterocycles. The SMILES string of the molecule is COC(=O)[C@H](Cc1ccc(O)c2cccnc12)NC(=O)c1c(Cl)cccc1Cl. The molecule has 6 nitrogen and oxygen atoms in total. The number of fused-ring (bicyclic) bond motifs is 1. The minimum absolute atomic E-state index is 0.0772. The number of phenols is 1. The molecule has 0 aliphatic rings. The number of aromatic nitrogens is 1. The molecule has 3 aromatic rings. The fraction of sp³-hybridized carbons (Fsp3) is 0.150. The van der Waals surface area contributed by atoms with Gasteiger partial charge in [0.1, 0.15) is 11.8 Å². The summed E-state index contributed by atoms with van der Waals surface area (Å²) in [6, 6.07) is 10.3. The zero-order valence-electron chi connectivity index (χ0n) is 14.8. The number of nitrogens with one attached hydrogen (secondary N) is 1. The van der Waals surface area contributed by atoms with Gasteiger partial charge in [-0.15, -0.1) is 0 Å². The number of methoxy groups -OCH3 is 1. The topological polar surface area (TPSA) is 88.5 Å². The highest BCUT2D eigenvalue weighted by atomic mass is 35.5. The minimum Gasteiger partial charge on any atom is -0.507 e. The van der Waals surface area contributed by atoms with Gasteiger partial charge in [-0.1, -0.05) is 35.3 Å². The molecule has 2 aromatic carbocycles. The fourth-order valence-electron chi connectivity index (χ4n) is 2.88. The first kappa shape index (κ1) is 19.9. The van der Waals surface area contributed by atoms with E-state index < -0.39 is 17.9 Å². The second-order valence-corrected chi connectivity index (χ2v) is 6.81. The largest absolute Gasteiger partial charge is 0.507 e. The van der Waals surface area contributed by atoms with Gasteiger partial charge in [0.15, 0.2) is 0 Å². The summed E-state index contributed by atoms with van der Waals surface area (Å²) >= 11 is 12.2. The van der Waals surface area contributed by atoms with Crippen LogP contribution in [0.4, 0.5) is 0 Å². The number of carbonyl (C=O) groups excluding carboxylic acids is 2. The standard InChI is InChI=1S/C20H16Cl2N2O4/c1-28-20(27)15(24-19(26)17-13(21)5-2-6-14(17)22)10-11-7-8-16(25)12-4-3-9-23-18(11)12/h2-9,15,25H,10H2,1H3,(H,24,26)/t15-/m0/s1. The molecule has 144 valence electrons. The molecular formula is C20H16Cl2N2O4. The molecular weight excluding hydrogens is 403 g/mol. The highest BCUT2D eigenvalue weighted by molar-refractivity contribution is 6.39. The third-order valence-electron chi connectivity index (χ3n) is 4.24. The van der Waals surface area contributed by atoms with Gasteiger partial charge in [-0.2, -0.15) is 0 Å². The number of rotatable bonds is 5. The number of nitrogens with zero attached hydrogens (tertiary/aromatic N) is 1. The predicted molar refractivity (Wildman–Crippen MR) is 107 cm³/mol. The quantitative estimate of drug-likeness (QED) is 0.615. The highest BCUT2D eigenvalue weighted by Gasteiger charge is 2.26. The van der Waals surface area contributed by atoms with E-state index in [9.17, 15) is 14.7 Å². The third kappa shape index (κ3) is 4.03. The highest BCUT2D eigenvalue weighted by Crippen LogP contribution is 2.27. The van der Waals surface area contributed by atoms with Crippen LogP contribution >= 0.6 is 23.2 Å². The fourth-order valence-corrected chi connectivity index (χ4v) is 3.45. The molecule has 0 unspecified atom stereocenters. The van der Waals surface area contributed by atoms with Crippen molar-refractivity contribution in [3.05, 3.63) is 69.8 Å². The number of amides is 1. The van der Waals surface area contributed by atoms with Crippen LogP contribution in [0.25, 0.3) is 10.9 Å². The van der Waals surface area contributed by atoms with Crippen LogP contribution in [0.5, 0.6) is 5.75 Å². The van der Waals surface area contributed by atoms with Crippen molar-refractivity contribution < 1.29 is 19.4 Å². The maximum absolute atomic E-state index is 12.7. The lowest BCUT2D eigenvalue weighted by Crippen LogP contribution is -2.43. The number of ether oxygens (including phenoxy) is 1. The Kier molecular flexibility index (Phi) is 6.02. The van der Waals surface area contributed by atoms with Crippen LogP contribution in [0.3, 0.4) is 0 Å². The molecule has 0 fully saturated rings. The first-order valence-electron chi connectivity index (χ1n) is 8.30. The molecule has 0 spiro atoms. The second kappa shape index (κ2) is 8.46. The van der Waals surface area contributed by atoms with E-state index in [1.165, 1.54) is 25.3 Å². The normalized spacial score (nSPS) is 11.8. The lowest BCUT2D eigenvalue weighted by molar-refractivity contribution is -0.142. The van der Waals surface area contributed by atoms with E-state index in [0.29, 0.717) is 16.5 Å². The molecule has 0 aliphatic carbocycles. The second-order valence-electron chi connectivity index (χ2n) is 5.99. The van der Waals surface area contributed by atoms with Crippen LogP contribution in [-0.4, -0.2) is 35.1 Å². The van der Waals surface area contributed by atoms with Gasteiger partial charge in [-0.25, -0.2) is 4.79 Å². The molecule has 0 bridgehead atoms. The summed E-state index contributed by atoms with van der Waals surface area (Å²) < 4.78 is 4.83. The Morgan fingerprint density at radius 2 is 1.86 bits per heavy atom. The van der Waals surface area contributed by atoms with Gasteiger partial charge in [-0.05, 0) is 35.9 Å². The lowest BCUT2D eigenvalue weighted by Gasteiger charge is -2.18. The van der Waals surface area contributed by atoms with Gasteiger partial charge in [-0.3, -0.25) is 9.78 Å². The maximum Gasteiger partial charge on any atom is 0.328 e. The lowest BCUT2D eigenvalue weighted by atomic mass is 10.0. The van der Waals surface area contributed by atoms with E-state index in [-0.39, 0.29) is 27.8 Å². The van der Waals surface area contributed by atoms with E-state index >= 15 is 0 Å². The predicted octanol–water partition coefficient (Wildman–Crippen LogP) is 3.76. The number of esters is 1. The Bertz CT molecular complexity index is 1040. The van der Waals surface area contributed by atoms with E-state index in [4.69, 9.17) is 27.9 Å². The summed E-state index contributed by atoms with van der Waals surface area (Å²) in [6.45, 7) is 0. The minimum atomic E-state index is -1.00. The molecule has 1 atom stereocenters. The number of aromatic hydroxyl groups is 1. The van der Waals surface area contributed by atoms with Crippen LogP contribution in [0.1, 0.15) is 15.9 Å². The molecule has 1 amide bonds. The van der Waals surface area contributed by atoms with Crippen LogP contribution in [-0.2, 0) is 16.0 Å². The molecule has 0 aliphatic heterocycles. The number of carbonyl (C=O) groups is 2. The van der Waals surface area contributed by atoms with Gasteiger partial charge >= 0.3 is 5.97 Å². The van der Waals surface area contributed by atoms with Crippen LogP contribution in [0, 0.1) is 0 Å². The monoisotopic (exact) mass is 418 g/mol. The third-order valence-corrected chi connectivity index (χ3v) is 4.87. The van der Waals surface area contributed by atoms with Crippen molar-refractivity contribution in [3.8, 4) is 5.75 Å². The first-order chi connectivity index (χ1) is 13.4. The van der Waals surface area contributed by atoms with Crippen molar-refractivity contribution in [1.82, 2.24) is 10.3 Å². The van der Waals surface area contributed by atoms with Gasteiger partial charge < -0.3 is 15.2 Å². The van der Waals surface area contributed by atoms with Crippen LogP contribution in [0.2, 0.25) is 10.0 Å². The smallest absolute Gasteiger partial charge is 0.328 e. The Morgan fingerprint density at radius 1 is 1.14 bits per heavy atom. The number of hydrogen-bond acceptors (Lipinski definition) is 5. The molecule has 8 heteroatoms. The summed E-state index contributed by atoms with van der Waals surface area (Å²) in [6.07, 6.45) is 1.69. The number of hydrogen-bond donors (Lipinski definition) is 2. The Morgan fingerprint density at radius 3 is 2.54 bits per heavy atom. The van der Waals surface area contributed by atoms with Crippen LogP contribution in [0.15, 0.2) is 48.7 Å². The van der Waals surface area contributed by atoms with Gasteiger partial charge in [0.25, 0.3) is 5.91 Å². The van der Waals surface area contributed by atoms with Crippen molar-refractivity contribution in [1.29, 1.82) is 0 Å². The van der Waals surface area contributed by atoms with Crippen molar-refractivity contribution >= 4 is 46.0 Å². The number of halogens is 2. The molecule has 0 saturated carbocycles. The van der Waals surface area contributed by atoms with Crippen LogP contribution < -0.4 is 5.32 Å². The maximum atomic E-state index is 12.7. The summed E-state index contributed by atoms with van der Waals surface area (Å²) in [5.41, 5.74) is 1.27. The van der Waals surface area contributed by atoms with E-state index in [0.717, 1.165) is 0 Å². The summed E-state index contributed by atoms with van der Waals surface area (Å²) in [7, 11) is 1.23. The van der Waals surface area contributed by atoms with Crippen molar-refractivity contribution in [3.63, 3.8) is 0 Å². The zero-order chi connectivity index (χ0) is 20.3. The van der Waals surface area contributed by atoms with Gasteiger partial charge in [0.05, 0.1) is 28.2 Å². The number of benzene rings is 2. The summed E-state index contributed by atoms with van der Waals surface area (Å²) in [5, 5.41) is 13.5. The summed E-state index contributed by atoms with van der Waals surface area (Å²) in [4.78, 5) is 29.2. The molecule has 0 saturated heterocycles. The van der Waals surface area contributed by atoms with Gasteiger partial charge in [0.2, 0.25) is 0 Å². The molecule has 0 radical (unpaired) electrons. The average Bonchev–Trinajstić information content (AvgIpc) is 2.69. The zero-order valence-corrected chi connectivity index (χ0v) is 16.3. The molecule has 2 N–H and O–H groups in total. The van der Waals surface area contributed by atoms with E-state index in [1.807, 2.05) is 0 Å². The molecule has 28 heavy (non-hydrogen) atoms. The number of pyridine rings is 1. The summed E-state index contributed by atoms with van der Waals surface area (Å²) in [5.74, 6) is -1.15. The Labute approximate surface area is 171 Å². The van der Waals surface area contributed by atoms with E-state index in [1.54, 1.807) is 30.5 Å². The van der Waals surface area contributed by atoms with Crippen molar-refractivity contribution in [2.45, 2.75) is 12.5 Å². The Balaban J connectivity index is 1.93. The van der Waals surface area contributed by atoms with Gasteiger partial charge in [0, 0.05) is 18.0 Å². The average molecular weight is 419 g/mol. The van der Waals surface area contributed by atoms with Crippen molar-refractivity contribution in [2.24, 2.45) is 0 Å². The molecule has 1 heterocycles.